The van der Waals surface area contributed by atoms with E-state index < -0.39 is 0 Å². The standard InChI is InChI=1S/2C6H13N.2ClH/c2*1-5-3-7-4-6(5)2;;/h2*5-7H,3-4H2,1-2H3;2*1H/t2*5-,6+;;. The molecule has 4 atom stereocenters. The molecule has 0 bridgehead atoms. The lowest BCUT2D eigenvalue weighted by Crippen LogP contribution is -2.06. The molecule has 16 heavy (non-hydrogen) atoms. The van der Waals surface area contributed by atoms with Gasteiger partial charge in [-0.2, -0.15) is 0 Å². The molecule has 2 nitrogen and oxygen atoms in total. The number of hydrogen-bond donors (Lipinski definition) is 2. The molecule has 2 saturated heterocycles. The summed E-state index contributed by atoms with van der Waals surface area (Å²) in [4.78, 5) is 0. The van der Waals surface area contributed by atoms with Gasteiger partial charge >= 0.3 is 0 Å². The quantitative estimate of drug-likeness (QED) is 0.707. The number of rotatable bonds is 0. The zero-order valence-electron chi connectivity index (χ0n) is 11.0. The molecule has 2 heterocycles. The van der Waals surface area contributed by atoms with Crippen molar-refractivity contribution in [3.8, 4) is 0 Å². The Morgan fingerprint density at radius 1 is 0.562 bits per heavy atom. The smallest absolute Gasteiger partial charge is 0.00200 e. The minimum Gasteiger partial charge on any atom is -0.316 e. The van der Waals surface area contributed by atoms with Crippen LogP contribution in [0.4, 0.5) is 0 Å². The Kier molecular flexibility index (Phi) is 11.2. The summed E-state index contributed by atoms with van der Waals surface area (Å²) in [7, 11) is 0. The van der Waals surface area contributed by atoms with Crippen LogP contribution in [0.25, 0.3) is 0 Å². The maximum absolute atomic E-state index is 3.32. The van der Waals surface area contributed by atoms with Gasteiger partial charge in [0.15, 0.2) is 0 Å². The van der Waals surface area contributed by atoms with E-state index in [4.69, 9.17) is 0 Å². The van der Waals surface area contributed by atoms with Gasteiger partial charge in [-0.1, -0.05) is 27.7 Å². The lowest BCUT2D eigenvalue weighted by atomic mass is 10.0. The van der Waals surface area contributed by atoms with Crippen LogP contribution in [0.1, 0.15) is 27.7 Å². The summed E-state index contributed by atoms with van der Waals surface area (Å²) in [5, 5.41) is 6.64. The fourth-order valence-electron chi connectivity index (χ4n) is 1.88. The highest BCUT2D eigenvalue weighted by molar-refractivity contribution is 5.85. The second-order valence-corrected chi connectivity index (χ2v) is 5.23. The fourth-order valence-corrected chi connectivity index (χ4v) is 1.88. The molecule has 0 aromatic carbocycles. The van der Waals surface area contributed by atoms with Gasteiger partial charge in [-0.15, -0.1) is 24.8 Å². The van der Waals surface area contributed by atoms with Crippen molar-refractivity contribution in [3.63, 3.8) is 0 Å². The molecule has 0 aromatic heterocycles. The minimum atomic E-state index is 0. The summed E-state index contributed by atoms with van der Waals surface area (Å²) in [5.41, 5.74) is 0. The van der Waals surface area contributed by atoms with Gasteiger partial charge in [0.1, 0.15) is 0 Å². The molecule has 100 valence electrons. The van der Waals surface area contributed by atoms with Crippen LogP contribution in [0, 0.1) is 23.7 Å². The normalized spacial score (nSPS) is 36.8. The first kappa shape index (κ1) is 18.9. The Balaban J connectivity index is 0. The zero-order valence-corrected chi connectivity index (χ0v) is 12.6. The van der Waals surface area contributed by atoms with Gasteiger partial charge in [0.05, 0.1) is 0 Å². The second-order valence-electron chi connectivity index (χ2n) is 5.23. The van der Waals surface area contributed by atoms with Gasteiger partial charge in [-0.25, -0.2) is 0 Å². The summed E-state index contributed by atoms with van der Waals surface area (Å²) < 4.78 is 0. The summed E-state index contributed by atoms with van der Waals surface area (Å²) in [5.74, 6) is 3.61. The van der Waals surface area contributed by atoms with Crippen molar-refractivity contribution < 1.29 is 0 Å². The molecule has 0 spiro atoms. The predicted molar refractivity (Wildman–Crippen MR) is 76.9 cm³/mol. The molecular formula is C12H28Cl2N2. The molecule has 4 heteroatoms. The molecule has 0 saturated carbocycles. The van der Waals surface area contributed by atoms with Crippen molar-refractivity contribution in [2.24, 2.45) is 23.7 Å². The molecule has 2 fully saturated rings. The van der Waals surface area contributed by atoms with Crippen molar-refractivity contribution in [2.75, 3.05) is 26.2 Å². The third-order valence-electron chi connectivity index (χ3n) is 3.81. The van der Waals surface area contributed by atoms with Crippen molar-refractivity contribution in [3.05, 3.63) is 0 Å². The van der Waals surface area contributed by atoms with E-state index in [0.717, 1.165) is 23.7 Å². The van der Waals surface area contributed by atoms with Gasteiger partial charge in [-0.05, 0) is 49.9 Å². The van der Waals surface area contributed by atoms with Gasteiger partial charge < -0.3 is 10.6 Å². The first-order valence-corrected chi connectivity index (χ1v) is 6.02. The van der Waals surface area contributed by atoms with Crippen LogP contribution in [-0.2, 0) is 0 Å². The van der Waals surface area contributed by atoms with E-state index in [9.17, 15) is 0 Å². The molecule has 0 unspecified atom stereocenters. The molecule has 0 radical (unpaired) electrons. The lowest BCUT2D eigenvalue weighted by molar-refractivity contribution is 0.494. The number of hydrogen-bond acceptors (Lipinski definition) is 2. The largest absolute Gasteiger partial charge is 0.316 e. The predicted octanol–water partition coefficient (Wildman–Crippen LogP) is 2.57. The topological polar surface area (TPSA) is 24.1 Å². The molecule has 2 aliphatic rings. The Morgan fingerprint density at radius 3 is 0.812 bits per heavy atom. The van der Waals surface area contributed by atoms with E-state index in [1.165, 1.54) is 26.2 Å². The van der Waals surface area contributed by atoms with Crippen LogP contribution >= 0.6 is 24.8 Å². The number of nitrogens with one attached hydrogen (secondary N) is 2. The van der Waals surface area contributed by atoms with Crippen molar-refractivity contribution >= 4 is 24.8 Å². The van der Waals surface area contributed by atoms with E-state index in [2.05, 4.69) is 38.3 Å². The Hall–Kier alpha value is 0.500. The van der Waals surface area contributed by atoms with Gasteiger partial charge in [0, 0.05) is 0 Å². The van der Waals surface area contributed by atoms with Gasteiger partial charge in [0.2, 0.25) is 0 Å². The highest BCUT2D eigenvalue weighted by atomic mass is 35.5. The molecule has 0 amide bonds. The first-order valence-electron chi connectivity index (χ1n) is 6.02. The van der Waals surface area contributed by atoms with Crippen LogP contribution in [0.3, 0.4) is 0 Å². The molecule has 2 rings (SSSR count). The number of halogens is 2. The molecule has 2 aliphatic heterocycles. The van der Waals surface area contributed by atoms with Crippen LogP contribution in [0.15, 0.2) is 0 Å². The summed E-state index contributed by atoms with van der Waals surface area (Å²) >= 11 is 0. The average Bonchev–Trinajstić information content (AvgIpc) is 2.67. The third kappa shape index (κ3) is 6.29. The molecule has 0 aromatic rings. The van der Waals surface area contributed by atoms with E-state index in [1.54, 1.807) is 0 Å². The average molecular weight is 271 g/mol. The first-order chi connectivity index (χ1) is 6.61. The molecule has 0 aliphatic carbocycles. The fraction of sp³-hybridized carbons (Fsp3) is 1.00. The maximum atomic E-state index is 3.32. The van der Waals surface area contributed by atoms with Crippen molar-refractivity contribution in [2.45, 2.75) is 27.7 Å². The van der Waals surface area contributed by atoms with Gasteiger partial charge in [0.25, 0.3) is 0 Å². The van der Waals surface area contributed by atoms with E-state index in [-0.39, 0.29) is 24.8 Å². The van der Waals surface area contributed by atoms with E-state index >= 15 is 0 Å². The molecule has 2 N–H and O–H groups in total. The SMILES string of the molecule is C[C@@H]1CNC[C@@H]1C.C[C@@H]1CNC[C@@H]1C.Cl.Cl. The summed E-state index contributed by atoms with van der Waals surface area (Å²) in [6, 6.07) is 0. The highest BCUT2D eigenvalue weighted by Gasteiger charge is 2.17. The Bertz CT molecular complexity index is 133. The van der Waals surface area contributed by atoms with Gasteiger partial charge in [-0.3, -0.25) is 0 Å². The van der Waals surface area contributed by atoms with Crippen LogP contribution in [-0.4, -0.2) is 26.2 Å². The minimum absolute atomic E-state index is 0. The monoisotopic (exact) mass is 270 g/mol. The molecular weight excluding hydrogens is 243 g/mol. The second kappa shape index (κ2) is 9.52. The highest BCUT2D eigenvalue weighted by Crippen LogP contribution is 2.13. The summed E-state index contributed by atoms with van der Waals surface area (Å²) in [6.07, 6.45) is 0. The van der Waals surface area contributed by atoms with Crippen LogP contribution in [0.5, 0.6) is 0 Å². The van der Waals surface area contributed by atoms with Crippen molar-refractivity contribution in [1.29, 1.82) is 0 Å². The van der Waals surface area contributed by atoms with E-state index in [0.29, 0.717) is 0 Å². The third-order valence-corrected chi connectivity index (χ3v) is 3.81. The Morgan fingerprint density at radius 2 is 0.750 bits per heavy atom. The lowest BCUT2D eigenvalue weighted by Gasteiger charge is -2.03. The summed E-state index contributed by atoms with van der Waals surface area (Å²) in [6.45, 7) is 14.1. The zero-order chi connectivity index (χ0) is 10.6. The van der Waals surface area contributed by atoms with Crippen LogP contribution in [0.2, 0.25) is 0 Å². The van der Waals surface area contributed by atoms with Crippen molar-refractivity contribution in [1.82, 2.24) is 10.6 Å². The van der Waals surface area contributed by atoms with Crippen LogP contribution < -0.4 is 10.6 Å². The Labute approximate surface area is 113 Å². The maximum Gasteiger partial charge on any atom is -0.00200 e. The van der Waals surface area contributed by atoms with E-state index in [1.807, 2.05) is 0 Å².